The van der Waals surface area contributed by atoms with Crippen molar-refractivity contribution < 1.29 is 0 Å². The van der Waals surface area contributed by atoms with Crippen LogP contribution in [0.4, 0.5) is 0 Å². The minimum absolute atomic E-state index is 0.797. The quantitative estimate of drug-likeness (QED) is 0.756. The molecule has 0 atom stereocenters. The number of aromatic amines is 1. The van der Waals surface area contributed by atoms with Gasteiger partial charge in [0.2, 0.25) is 0 Å². The Balaban J connectivity index is 2.28. The Labute approximate surface area is 85.9 Å². The van der Waals surface area contributed by atoms with Crippen LogP contribution in [0.3, 0.4) is 0 Å². The van der Waals surface area contributed by atoms with Crippen LogP contribution in [0.25, 0.3) is 0 Å². The highest BCUT2D eigenvalue weighted by Crippen LogP contribution is 2.11. The molecule has 0 amide bonds. The summed E-state index contributed by atoms with van der Waals surface area (Å²) in [6.07, 6.45) is 2.04. The van der Waals surface area contributed by atoms with E-state index in [1.807, 2.05) is 13.1 Å². The second-order valence-electron chi connectivity index (χ2n) is 2.95. The van der Waals surface area contributed by atoms with E-state index in [4.69, 9.17) is 12.2 Å². The highest BCUT2D eigenvalue weighted by molar-refractivity contribution is 7.71. The zero-order valence-corrected chi connectivity index (χ0v) is 8.91. The number of thiophene rings is 1. The molecule has 2 heterocycles. The summed E-state index contributed by atoms with van der Waals surface area (Å²) in [6.45, 7) is 2.89. The number of aromatic nitrogens is 2. The topological polar surface area (TPSA) is 20.7 Å². The fourth-order valence-electron chi connectivity index (χ4n) is 1.25. The van der Waals surface area contributed by atoms with Gasteiger partial charge in [0.15, 0.2) is 4.77 Å². The first-order chi connectivity index (χ1) is 6.25. The fourth-order valence-corrected chi connectivity index (χ4v) is 2.23. The van der Waals surface area contributed by atoms with Crippen LogP contribution in [0.2, 0.25) is 0 Å². The average molecular weight is 210 g/mol. The largest absolute Gasteiger partial charge is 0.335 e. The van der Waals surface area contributed by atoms with E-state index >= 15 is 0 Å². The molecule has 0 saturated heterocycles. The summed E-state index contributed by atoms with van der Waals surface area (Å²) in [5.41, 5.74) is 1.11. The zero-order chi connectivity index (χ0) is 9.26. The van der Waals surface area contributed by atoms with Crippen molar-refractivity contribution >= 4 is 23.6 Å². The number of H-pyrrole nitrogens is 1. The van der Waals surface area contributed by atoms with E-state index in [0.29, 0.717) is 0 Å². The Hall–Kier alpha value is -0.870. The van der Waals surface area contributed by atoms with E-state index in [1.165, 1.54) is 4.88 Å². The lowest BCUT2D eigenvalue weighted by molar-refractivity contribution is 0.795. The molecule has 2 rings (SSSR count). The molecule has 0 aliphatic rings. The van der Waals surface area contributed by atoms with Crippen LogP contribution in [-0.4, -0.2) is 9.55 Å². The van der Waals surface area contributed by atoms with Crippen molar-refractivity contribution in [3.63, 3.8) is 0 Å². The summed E-state index contributed by atoms with van der Waals surface area (Å²) in [4.78, 5) is 4.43. The number of aryl methyl sites for hydroxylation is 1. The standard InChI is InChI=1S/C9H10N2S2/c1-7-5-11(9(12)10-7)6-8-3-2-4-13-8/h2-5H,6H2,1H3,(H,10,12). The summed E-state index contributed by atoms with van der Waals surface area (Å²) in [6, 6.07) is 4.18. The van der Waals surface area contributed by atoms with Crippen LogP contribution in [-0.2, 0) is 6.54 Å². The third kappa shape index (κ3) is 1.89. The van der Waals surface area contributed by atoms with Gasteiger partial charge in [0, 0.05) is 16.8 Å². The Bertz CT molecular complexity index is 436. The van der Waals surface area contributed by atoms with Crippen LogP contribution >= 0.6 is 23.6 Å². The molecule has 0 saturated carbocycles. The van der Waals surface area contributed by atoms with Gasteiger partial charge in [-0.3, -0.25) is 0 Å². The van der Waals surface area contributed by atoms with Gasteiger partial charge in [0.05, 0.1) is 6.54 Å². The Morgan fingerprint density at radius 1 is 1.62 bits per heavy atom. The van der Waals surface area contributed by atoms with Gasteiger partial charge < -0.3 is 9.55 Å². The molecule has 0 unspecified atom stereocenters. The molecule has 0 bridgehead atoms. The van der Waals surface area contributed by atoms with Crippen molar-refractivity contribution in [1.82, 2.24) is 9.55 Å². The molecule has 13 heavy (non-hydrogen) atoms. The molecule has 1 N–H and O–H groups in total. The Kier molecular flexibility index (Phi) is 2.33. The van der Waals surface area contributed by atoms with Crippen LogP contribution < -0.4 is 0 Å². The zero-order valence-electron chi connectivity index (χ0n) is 7.28. The van der Waals surface area contributed by atoms with Gasteiger partial charge in [-0.2, -0.15) is 0 Å². The smallest absolute Gasteiger partial charge is 0.177 e. The van der Waals surface area contributed by atoms with Gasteiger partial charge in [-0.1, -0.05) is 6.07 Å². The second-order valence-corrected chi connectivity index (χ2v) is 4.37. The molecule has 0 aliphatic heterocycles. The lowest BCUT2D eigenvalue weighted by atomic mass is 10.4. The van der Waals surface area contributed by atoms with Crippen molar-refractivity contribution in [1.29, 1.82) is 0 Å². The lowest BCUT2D eigenvalue weighted by Gasteiger charge is -1.97. The summed E-state index contributed by atoms with van der Waals surface area (Å²) < 4.78 is 2.85. The predicted molar refractivity (Wildman–Crippen MR) is 57.8 cm³/mol. The molecule has 0 radical (unpaired) electrons. The normalized spacial score (nSPS) is 10.5. The van der Waals surface area contributed by atoms with Crippen molar-refractivity contribution in [2.45, 2.75) is 13.5 Å². The molecular formula is C9H10N2S2. The van der Waals surface area contributed by atoms with E-state index in [0.717, 1.165) is 17.0 Å². The molecular weight excluding hydrogens is 200 g/mol. The molecule has 0 fully saturated rings. The van der Waals surface area contributed by atoms with Gasteiger partial charge in [-0.05, 0) is 30.6 Å². The summed E-state index contributed by atoms with van der Waals surface area (Å²) >= 11 is 6.91. The van der Waals surface area contributed by atoms with Gasteiger partial charge in [-0.15, -0.1) is 11.3 Å². The maximum Gasteiger partial charge on any atom is 0.177 e. The fraction of sp³-hybridized carbons (Fsp3) is 0.222. The monoisotopic (exact) mass is 210 g/mol. The lowest BCUT2D eigenvalue weighted by Crippen LogP contribution is -1.95. The molecule has 4 heteroatoms. The van der Waals surface area contributed by atoms with E-state index < -0.39 is 0 Å². The third-order valence-electron chi connectivity index (χ3n) is 1.82. The number of rotatable bonds is 2. The van der Waals surface area contributed by atoms with E-state index in [2.05, 4.69) is 27.1 Å². The first-order valence-corrected chi connectivity index (χ1v) is 5.33. The predicted octanol–water partition coefficient (Wildman–Crippen LogP) is 2.96. The molecule has 2 nitrogen and oxygen atoms in total. The van der Waals surface area contributed by atoms with Crippen molar-refractivity contribution in [3.05, 3.63) is 39.1 Å². The van der Waals surface area contributed by atoms with Gasteiger partial charge in [0.25, 0.3) is 0 Å². The molecule has 68 valence electrons. The SMILES string of the molecule is Cc1cn(Cc2cccs2)c(=S)[nH]1. The Morgan fingerprint density at radius 2 is 2.46 bits per heavy atom. The maximum atomic E-state index is 5.16. The second kappa shape index (κ2) is 3.47. The highest BCUT2D eigenvalue weighted by atomic mass is 32.1. The van der Waals surface area contributed by atoms with Crippen molar-refractivity contribution in [3.8, 4) is 0 Å². The highest BCUT2D eigenvalue weighted by Gasteiger charge is 1.98. The van der Waals surface area contributed by atoms with Crippen LogP contribution in [0.15, 0.2) is 23.7 Å². The molecule has 0 aliphatic carbocycles. The summed E-state index contributed by atoms with van der Waals surface area (Å²) in [5.74, 6) is 0. The number of nitrogens with one attached hydrogen (secondary N) is 1. The third-order valence-corrected chi connectivity index (χ3v) is 3.02. The van der Waals surface area contributed by atoms with Gasteiger partial charge in [0.1, 0.15) is 0 Å². The Morgan fingerprint density at radius 3 is 3.00 bits per heavy atom. The summed E-state index contributed by atoms with van der Waals surface area (Å²) in [7, 11) is 0. The van der Waals surface area contributed by atoms with Crippen LogP contribution in [0.1, 0.15) is 10.6 Å². The minimum atomic E-state index is 0.797. The maximum absolute atomic E-state index is 5.16. The van der Waals surface area contributed by atoms with Crippen LogP contribution in [0.5, 0.6) is 0 Å². The van der Waals surface area contributed by atoms with E-state index in [-0.39, 0.29) is 0 Å². The minimum Gasteiger partial charge on any atom is -0.335 e. The van der Waals surface area contributed by atoms with E-state index in [1.54, 1.807) is 11.3 Å². The van der Waals surface area contributed by atoms with Gasteiger partial charge >= 0.3 is 0 Å². The number of hydrogen-bond acceptors (Lipinski definition) is 2. The molecule has 2 aromatic rings. The first-order valence-electron chi connectivity index (χ1n) is 4.04. The molecule has 0 aromatic carbocycles. The van der Waals surface area contributed by atoms with Gasteiger partial charge in [-0.25, -0.2) is 0 Å². The van der Waals surface area contributed by atoms with Crippen molar-refractivity contribution in [2.24, 2.45) is 0 Å². The number of hydrogen-bond donors (Lipinski definition) is 1. The first kappa shape index (κ1) is 8.72. The van der Waals surface area contributed by atoms with E-state index in [9.17, 15) is 0 Å². The number of imidazole rings is 1. The summed E-state index contributed by atoms with van der Waals surface area (Å²) in [5, 5.41) is 2.08. The molecule has 2 aromatic heterocycles. The molecule has 0 spiro atoms. The number of nitrogens with zero attached hydrogens (tertiary/aromatic N) is 1. The van der Waals surface area contributed by atoms with Crippen LogP contribution in [0, 0.1) is 11.7 Å². The van der Waals surface area contributed by atoms with Crippen molar-refractivity contribution in [2.75, 3.05) is 0 Å². The average Bonchev–Trinajstić information content (AvgIpc) is 2.63.